The van der Waals surface area contributed by atoms with Crippen LogP contribution in [0.4, 0.5) is 0 Å². The number of benzene rings is 1. The van der Waals surface area contributed by atoms with Crippen molar-refractivity contribution < 1.29 is 9.53 Å². The molecule has 0 radical (unpaired) electrons. The van der Waals surface area contributed by atoms with Crippen molar-refractivity contribution in [3.63, 3.8) is 0 Å². The SMILES string of the molecule is COCCCN1CCC[C@@]2(CCC(=O)N(CCc3ccccc3)C2)C1. The summed E-state index contributed by atoms with van der Waals surface area (Å²) in [6.45, 7) is 6.10. The zero-order valence-corrected chi connectivity index (χ0v) is 15.6. The van der Waals surface area contributed by atoms with E-state index in [-0.39, 0.29) is 0 Å². The van der Waals surface area contributed by atoms with Gasteiger partial charge >= 0.3 is 0 Å². The summed E-state index contributed by atoms with van der Waals surface area (Å²) in [5.41, 5.74) is 1.63. The monoisotopic (exact) mass is 344 g/mol. The molecule has 1 aromatic carbocycles. The number of rotatable bonds is 7. The zero-order chi connectivity index (χ0) is 17.5. The topological polar surface area (TPSA) is 32.8 Å². The third-order valence-corrected chi connectivity index (χ3v) is 5.82. The highest BCUT2D eigenvalue weighted by Gasteiger charge is 2.41. The maximum Gasteiger partial charge on any atom is 0.222 e. The van der Waals surface area contributed by atoms with Crippen LogP contribution in [0.15, 0.2) is 30.3 Å². The Kier molecular flexibility index (Phi) is 6.49. The fraction of sp³-hybridized carbons (Fsp3) is 0.667. The maximum atomic E-state index is 12.4. The van der Waals surface area contributed by atoms with Gasteiger partial charge in [0.15, 0.2) is 0 Å². The average molecular weight is 344 g/mol. The van der Waals surface area contributed by atoms with Crippen molar-refractivity contribution in [3.05, 3.63) is 35.9 Å². The molecule has 4 nitrogen and oxygen atoms in total. The van der Waals surface area contributed by atoms with E-state index in [1.165, 1.54) is 24.9 Å². The standard InChI is InChI=1S/C21H32N2O2/c1-25-16-6-14-22-13-5-11-21(17-22)12-9-20(24)23(18-21)15-10-19-7-3-2-4-8-19/h2-4,7-8H,5-6,9-18H2,1H3/t21-/m1/s1. The Hall–Kier alpha value is -1.39. The van der Waals surface area contributed by atoms with Gasteiger partial charge in [-0.25, -0.2) is 0 Å². The number of hydrogen-bond donors (Lipinski definition) is 0. The van der Waals surface area contributed by atoms with Crippen molar-refractivity contribution in [2.24, 2.45) is 5.41 Å². The van der Waals surface area contributed by atoms with Gasteiger partial charge in [0, 0.05) is 51.7 Å². The van der Waals surface area contributed by atoms with Crippen molar-refractivity contribution in [1.29, 1.82) is 0 Å². The lowest BCUT2D eigenvalue weighted by atomic mass is 9.73. The molecule has 2 fully saturated rings. The van der Waals surface area contributed by atoms with Crippen LogP contribution in [0, 0.1) is 5.41 Å². The van der Waals surface area contributed by atoms with Crippen LogP contribution in [0.2, 0.25) is 0 Å². The third kappa shape index (κ3) is 5.05. The van der Waals surface area contributed by atoms with E-state index in [4.69, 9.17) is 4.74 Å². The highest BCUT2D eigenvalue weighted by Crippen LogP contribution is 2.38. The molecule has 0 unspecified atom stereocenters. The fourth-order valence-electron chi connectivity index (χ4n) is 4.48. The van der Waals surface area contributed by atoms with E-state index in [1.807, 2.05) is 6.07 Å². The van der Waals surface area contributed by atoms with Gasteiger partial charge in [0.1, 0.15) is 0 Å². The van der Waals surface area contributed by atoms with Gasteiger partial charge in [-0.05, 0) is 44.2 Å². The van der Waals surface area contributed by atoms with E-state index in [0.717, 1.165) is 58.5 Å². The molecule has 0 aromatic heterocycles. The Bertz CT molecular complexity index is 548. The van der Waals surface area contributed by atoms with Crippen molar-refractivity contribution in [2.75, 3.05) is 46.4 Å². The van der Waals surface area contributed by atoms with Crippen LogP contribution in [0.3, 0.4) is 0 Å². The zero-order valence-electron chi connectivity index (χ0n) is 15.6. The molecule has 25 heavy (non-hydrogen) atoms. The van der Waals surface area contributed by atoms with Crippen LogP contribution in [0.1, 0.15) is 37.7 Å². The second-order valence-electron chi connectivity index (χ2n) is 7.78. The minimum atomic E-state index is 0.315. The van der Waals surface area contributed by atoms with Gasteiger partial charge in [-0.1, -0.05) is 30.3 Å². The van der Waals surface area contributed by atoms with Crippen LogP contribution >= 0.6 is 0 Å². The first-order valence-electron chi connectivity index (χ1n) is 9.74. The van der Waals surface area contributed by atoms with E-state index in [0.29, 0.717) is 11.3 Å². The molecule has 2 saturated heterocycles. The molecule has 3 rings (SSSR count). The molecule has 2 aliphatic heterocycles. The van der Waals surface area contributed by atoms with Gasteiger partial charge < -0.3 is 14.5 Å². The Balaban J connectivity index is 1.56. The predicted molar refractivity (Wildman–Crippen MR) is 101 cm³/mol. The molecule has 4 heteroatoms. The largest absolute Gasteiger partial charge is 0.385 e. The van der Waals surface area contributed by atoms with Crippen LogP contribution in [-0.4, -0.2) is 62.1 Å². The molecule has 1 spiro atoms. The predicted octanol–water partition coefficient (Wildman–Crippen LogP) is 2.97. The van der Waals surface area contributed by atoms with Gasteiger partial charge in [0.05, 0.1) is 0 Å². The van der Waals surface area contributed by atoms with Crippen molar-refractivity contribution in [3.8, 4) is 0 Å². The Morgan fingerprint density at radius 3 is 2.76 bits per heavy atom. The molecule has 138 valence electrons. The lowest BCUT2D eigenvalue weighted by Gasteiger charge is -2.48. The molecule has 1 amide bonds. The summed E-state index contributed by atoms with van der Waals surface area (Å²) in [5, 5.41) is 0. The Morgan fingerprint density at radius 1 is 1.12 bits per heavy atom. The second-order valence-corrected chi connectivity index (χ2v) is 7.78. The molecule has 2 aliphatic rings. The average Bonchev–Trinajstić information content (AvgIpc) is 2.64. The molecular formula is C21H32N2O2. The van der Waals surface area contributed by atoms with Crippen molar-refractivity contribution in [1.82, 2.24) is 9.80 Å². The highest BCUT2D eigenvalue weighted by atomic mass is 16.5. The van der Waals surface area contributed by atoms with Crippen molar-refractivity contribution >= 4 is 5.91 Å². The summed E-state index contributed by atoms with van der Waals surface area (Å²) in [7, 11) is 1.77. The summed E-state index contributed by atoms with van der Waals surface area (Å²) in [6, 6.07) is 10.5. The number of nitrogens with zero attached hydrogens (tertiary/aromatic N) is 2. The number of hydrogen-bond acceptors (Lipinski definition) is 3. The first-order chi connectivity index (χ1) is 12.2. The van der Waals surface area contributed by atoms with E-state index < -0.39 is 0 Å². The number of ether oxygens (including phenoxy) is 1. The summed E-state index contributed by atoms with van der Waals surface area (Å²) in [6.07, 6.45) is 6.37. The number of carbonyl (C=O) groups excluding carboxylic acids is 1. The van der Waals surface area contributed by atoms with E-state index >= 15 is 0 Å². The smallest absolute Gasteiger partial charge is 0.222 e. The van der Waals surface area contributed by atoms with Crippen LogP contribution in [0.25, 0.3) is 0 Å². The Morgan fingerprint density at radius 2 is 1.96 bits per heavy atom. The second kappa shape index (κ2) is 8.81. The van der Waals surface area contributed by atoms with Gasteiger partial charge in [-0.3, -0.25) is 4.79 Å². The summed E-state index contributed by atoms with van der Waals surface area (Å²) in [4.78, 5) is 17.2. The van der Waals surface area contributed by atoms with Gasteiger partial charge in [-0.15, -0.1) is 0 Å². The first kappa shape index (κ1) is 18.4. The van der Waals surface area contributed by atoms with E-state index in [9.17, 15) is 4.79 Å². The molecule has 0 N–H and O–H groups in total. The molecule has 0 bridgehead atoms. The molecule has 2 heterocycles. The molecule has 0 aliphatic carbocycles. The quantitative estimate of drug-likeness (QED) is 0.713. The van der Waals surface area contributed by atoms with Gasteiger partial charge in [0.2, 0.25) is 5.91 Å². The number of methoxy groups -OCH3 is 1. The summed E-state index contributed by atoms with van der Waals surface area (Å²) in [5.74, 6) is 0.345. The number of amides is 1. The molecule has 1 atom stereocenters. The fourth-order valence-corrected chi connectivity index (χ4v) is 4.48. The van der Waals surface area contributed by atoms with Gasteiger partial charge in [0.25, 0.3) is 0 Å². The lowest BCUT2D eigenvalue weighted by Crippen LogP contribution is -2.54. The van der Waals surface area contributed by atoms with Gasteiger partial charge in [-0.2, -0.15) is 0 Å². The first-order valence-corrected chi connectivity index (χ1v) is 9.74. The van der Waals surface area contributed by atoms with E-state index in [2.05, 4.69) is 34.1 Å². The number of piperidine rings is 2. The minimum absolute atomic E-state index is 0.315. The molecule has 0 saturated carbocycles. The summed E-state index contributed by atoms with van der Waals surface area (Å²) < 4.78 is 5.20. The van der Waals surface area contributed by atoms with E-state index in [1.54, 1.807) is 7.11 Å². The molecule has 1 aromatic rings. The van der Waals surface area contributed by atoms with Crippen LogP contribution < -0.4 is 0 Å². The highest BCUT2D eigenvalue weighted by molar-refractivity contribution is 5.77. The molecular weight excluding hydrogens is 312 g/mol. The lowest BCUT2D eigenvalue weighted by molar-refractivity contribution is -0.139. The third-order valence-electron chi connectivity index (χ3n) is 5.82. The van der Waals surface area contributed by atoms with Crippen molar-refractivity contribution in [2.45, 2.75) is 38.5 Å². The minimum Gasteiger partial charge on any atom is -0.385 e. The number of likely N-dealkylation sites (tertiary alicyclic amines) is 2. The normalized spacial score (nSPS) is 24.8. The maximum absolute atomic E-state index is 12.4. The Labute approximate surface area is 152 Å². The van der Waals surface area contributed by atoms with Crippen LogP contribution in [0.5, 0.6) is 0 Å². The van der Waals surface area contributed by atoms with Crippen LogP contribution in [-0.2, 0) is 16.0 Å². The number of carbonyl (C=O) groups is 1. The summed E-state index contributed by atoms with van der Waals surface area (Å²) >= 11 is 0.